The Hall–Kier alpha value is 0.890. The van der Waals surface area contributed by atoms with Gasteiger partial charge in [-0.2, -0.15) is 0 Å². The van der Waals surface area contributed by atoms with Gasteiger partial charge in [-0.3, -0.25) is 5.09 Å². The zero-order valence-electron chi connectivity index (χ0n) is 11.9. The van der Waals surface area contributed by atoms with E-state index >= 15 is 0 Å². The standard InChI is InChI=1S/C12H20Cl2NO4P3/c1-12(15-20,10(18-21)11(17)19-22)5-9(16)6-2-3-7(13)8(14)4-6/h2-4,9-11,15-17H,5,20-22H2,1H3/t9?,10?,11?,12-/m1/s1. The molecule has 0 bridgehead atoms. The van der Waals surface area contributed by atoms with Gasteiger partial charge in [0.15, 0.2) is 6.29 Å². The molecule has 0 fully saturated rings. The molecule has 6 unspecified atom stereocenters. The summed E-state index contributed by atoms with van der Waals surface area (Å²) in [6, 6.07) is 4.93. The van der Waals surface area contributed by atoms with Crippen LogP contribution in [-0.2, 0) is 9.05 Å². The Labute approximate surface area is 147 Å². The minimum Gasteiger partial charge on any atom is -0.388 e. The van der Waals surface area contributed by atoms with E-state index in [0.29, 0.717) is 15.6 Å². The number of rotatable bonds is 8. The molecule has 126 valence electrons. The molecular formula is C12H20Cl2NO4P3. The van der Waals surface area contributed by atoms with Gasteiger partial charge in [0.25, 0.3) is 0 Å². The Kier molecular flexibility index (Phi) is 8.94. The molecule has 0 saturated carbocycles. The van der Waals surface area contributed by atoms with E-state index < -0.39 is 24.0 Å². The fourth-order valence-electron chi connectivity index (χ4n) is 2.10. The van der Waals surface area contributed by atoms with Crippen LogP contribution in [0, 0.1) is 0 Å². The number of aliphatic hydroxyl groups is 2. The molecule has 7 atom stereocenters. The van der Waals surface area contributed by atoms with Gasteiger partial charge in [0.05, 0.1) is 21.7 Å². The third-order valence-electron chi connectivity index (χ3n) is 3.45. The summed E-state index contributed by atoms with van der Waals surface area (Å²) in [4.78, 5) is 0. The van der Waals surface area contributed by atoms with Gasteiger partial charge < -0.3 is 19.3 Å². The molecule has 0 radical (unpaired) electrons. The zero-order valence-corrected chi connectivity index (χ0v) is 16.8. The van der Waals surface area contributed by atoms with E-state index in [0.717, 1.165) is 0 Å². The van der Waals surface area contributed by atoms with Crippen LogP contribution >= 0.6 is 51.5 Å². The van der Waals surface area contributed by atoms with Crippen molar-refractivity contribution in [3.63, 3.8) is 0 Å². The average Bonchev–Trinajstić information content (AvgIpc) is 2.50. The summed E-state index contributed by atoms with van der Waals surface area (Å²) in [6.45, 7) is 1.79. The van der Waals surface area contributed by atoms with Crippen LogP contribution in [0.5, 0.6) is 0 Å². The van der Waals surface area contributed by atoms with Gasteiger partial charge in [-0.25, -0.2) is 0 Å². The minimum absolute atomic E-state index is 0.235. The maximum atomic E-state index is 10.5. The molecule has 0 saturated heterocycles. The number of benzene rings is 1. The monoisotopic (exact) mass is 405 g/mol. The third-order valence-corrected chi connectivity index (χ3v) is 5.42. The Morgan fingerprint density at radius 1 is 1.23 bits per heavy atom. The summed E-state index contributed by atoms with van der Waals surface area (Å²) in [7, 11) is 6.43. The highest BCUT2D eigenvalue weighted by molar-refractivity contribution is 7.13. The lowest BCUT2D eigenvalue weighted by atomic mass is 9.86. The zero-order chi connectivity index (χ0) is 16.9. The van der Waals surface area contributed by atoms with Crippen LogP contribution in [-0.4, -0.2) is 28.1 Å². The van der Waals surface area contributed by atoms with Crippen LogP contribution in [0.2, 0.25) is 10.0 Å². The number of aliphatic hydroxyl groups excluding tert-OH is 2. The van der Waals surface area contributed by atoms with E-state index in [2.05, 4.69) is 23.9 Å². The second-order valence-electron chi connectivity index (χ2n) is 5.04. The summed E-state index contributed by atoms with van der Waals surface area (Å²) >= 11 is 11.8. The van der Waals surface area contributed by atoms with Crippen LogP contribution in [0.25, 0.3) is 0 Å². The van der Waals surface area contributed by atoms with Crippen LogP contribution in [0.3, 0.4) is 0 Å². The molecular weight excluding hydrogens is 386 g/mol. The Morgan fingerprint density at radius 2 is 1.86 bits per heavy atom. The van der Waals surface area contributed by atoms with Gasteiger partial charge in [-0.15, -0.1) is 0 Å². The first-order valence-electron chi connectivity index (χ1n) is 6.29. The first kappa shape index (κ1) is 20.9. The van der Waals surface area contributed by atoms with Crippen LogP contribution in [0.1, 0.15) is 25.0 Å². The minimum atomic E-state index is -1.19. The van der Waals surface area contributed by atoms with Crippen LogP contribution in [0.4, 0.5) is 0 Å². The van der Waals surface area contributed by atoms with Gasteiger partial charge in [0.1, 0.15) is 6.10 Å². The van der Waals surface area contributed by atoms with Gasteiger partial charge in [0.2, 0.25) is 0 Å². The van der Waals surface area contributed by atoms with Crippen molar-refractivity contribution in [2.24, 2.45) is 0 Å². The number of halogens is 2. The lowest BCUT2D eigenvalue weighted by Crippen LogP contribution is -2.54. The normalized spacial score (nSPS) is 18.5. The van der Waals surface area contributed by atoms with E-state index in [1.54, 1.807) is 25.1 Å². The van der Waals surface area contributed by atoms with Crippen molar-refractivity contribution >= 4 is 51.5 Å². The smallest absolute Gasteiger partial charge is 0.186 e. The van der Waals surface area contributed by atoms with Crippen molar-refractivity contribution in [3.8, 4) is 0 Å². The molecule has 10 heteroatoms. The van der Waals surface area contributed by atoms with Gasteiger partial charge >= 0.3 is 0 Å². The molecule has 0 heterocycles. The largest absolute Gasteiger partial charge is 0.388 e. The molecule has 1 aromatic rings. The first-order valence-corrected chi connectivity index (χ1v) is 8.56. The van der Waals surface area contributed by atoms with Crippen molar-refractivity contribution in [3.05, 3.63) is 33.8 Å². The highest BCUT2D eigenvalue weighted by Crippen LogP contribution is 2.33. The quantitative estimate of drug-likeness (QED) is 0.458. The van der Waals surface area contributed by atoms with Crippen molar-refractivity contribution < 1.29 is 19.3 Å². The SMILES string of the molecule is C[C@](CC(O)c1ccc(Cl)c(Cl)c1)(NP)C(OP)C(O)OP. The second-order valence-corrected chi connectivity index (χ2v) is 6.69. The molecule has 22 heavy (non-hydrogen) atoms. The summed E-state index contributed by atoms with van der Waals surface area (Å²) in [5.41, 5.74) is -0.182. The molecule has 0 spiro atoms. The maximum Gasteiger partial charge on any atom is 0.186 e. The van der Waals surface area contributed by atoms with Gasteiger partial charge in [-0.1, -0.05) is 38.7 Å². The van der Waals surface area contributed by atoms with Crippen molar-refractivity contribution in [1.82, 2.24) is 5.09 Å². The van der Waals surface area contributed by atoms with E-state index in [9.17, 15) is 10.2 Å². The molecule has 1 rings (SSSR count). The van der Waals surface area contributed by atoms with Crippen molar-refractivity contribution in [2.75, 3.05) is 0 Å². The highest BCUT2D eigenvalue weighted by atomic mass is 35.5. The summed E-state index contributed by atoms with van der Waals surface area (Å²) in [5.74, 6) is 0. The van der Waals surface area contributed by atoms with Gasteiger partial charge in [0, 0.05) is 18.9 Å². The molecule has 0 aliphatic carbocycles. The number of hydrogen-bond acceptors (Lipinski definition) is 5. The predicted octanol–water partition coefficient (Wildman–Crippen LogP) is 2.86. The number of hydrogen-bond donors (Lipinski definition) is 3. The first-order chi connectivity index (χ1) is 10.3. The third kappa shape index (κ3) is 5.19. The van der Waals surface area contributed by atoms with Crippen molar-refractivity contribution in [1.29, 1.82) is 0 Å². The maximum absolute atomic E-state index is 10.5. The fourth-order valence-corrected chi connectivity index (χ4v) is 3.27. The van der Waals surface area contributed by atoms with E-state index in [1.807, 2.05) is 9.47 Å². The highest BCUT2D eigenvalue weighted by Gasteiger charge is 2.40. The van der Waals surface area contributed by atoms with E-state index in [1.165, 1.54) is 0 Å². The fraction of sp³-hybridized carbons (Fsp3) is 0.500. The lowest BCUT2D eigenvalue weighted by molar-refractivity contribution is -0.111. The molecule has 5 nitrogen and oxygen atoms in total. The molecule has 3 N–H and O–H groups in total. The summed E-state index contributed by atoms with van der Waals surface area (Å²) in [6.07, 6.45) is -2.54. The average molecular weight is 406 g/mol. The molecule has 0 aromatic heterocycles. The predicted molar refractivity (Wildman–Crippen MR) is 98.7 cm³/mol. The summed E-state index contributed by atoms with van der Waals surface area (Å²) < 4.78 is 10.1. The summed E-state index contributed by atoms with van der Waals surface area (Å²) in [5, 5.41) is 24.1. The van der Waals surface area contributed by atoms with Crippen molar-refractivity contribution in [2.45, 2.75) is 37.4 Å². The molecule has 0 amide bonds. The number of nitrogens with one attached hydrogen (secondary N) is 1. The van der Waals surface area contributed by atoms with Gasteiger partial charge in [-0.05, 0) is 31.0 Å². The lowest BCUT2D eigenvalue weighted by Gasteiger charge is -2.39. The molecule has 0 aliphatic rings. The molecule has 1 aromatic carbocycles. The molecule has 0 aliphatic heterocycles. The topological polar surface area (TPSA) is 71.0 Å². The van der Waals surface area contributed by atoms with E-state index in [-0.39, 0.29) is 6.42 Å². The Bertz CT molecular complexity index is 499. The van der Waals surface area contributed by atoms with Crippen LogP contribution < -0.4 is 5.09 Å². The Morgan fingerprint density at radius 3 is 2.32 bits per heavy atom. The van der Waals surface area contributed by atoms with E-state index in [4.69, 9.17) is 32.2 Å². The van der Waals surface area contributed by atoms with Crippen LogP contribution in [0.15, 0.2) is 18.2 Å². The second kappa shape index (κ2) is 9.39. The Balaban J connectivity index is 2.97.